The maximum Gasteiger partial charge on any atom is 0.257 e. The highest BCUT2D eigenvalue weighted by atomic mass is 16.5. The van der Waals surface area contributed by atoms with E-state index in [0.29, 0.717) is 12.5 Å². The van der Waals surface area contributed by atoms with Gasteiger partial charge in [-0.05, 0) is 23.8 Å². The minimum atomic E-state index is -0.0708. The largest absolute Gasteiger partial charge is 0.483 e. The molecule has 1 amide bonds. The van der Waals surface area contributed by atoms with Crippen molar-refractivity contribution < 1.29 is 9.53 Å². The van der Waals surface area contributed by atoms with Crippen LogP contribution >= 0.6 is 0 Å². The molecule has 3 heteroatoms. The molecule has 0 aliphatic heterocycles. The molecule has 1 N–H and O–H groups in total. The van der Waals surface area contributed by atoms with Crippen molar-refractivity contribution in [1.82, 2.24) is 5.32 Å². The average molecular weight is 271 g/mol. The first-order valence-electron chi connectivity index (χ1n) is 7.04. The summed E-state index contributed by atoms with van der Waals surface area (Å²) in [5.74, 6) is 1.27. The van der Waals surface area contributed by atoms with Crippen LogP contribution in [0.25, 0.3) is 10.8 Å². The first-order chi connectivity index (χ1) is 9.66. The molecule has 3 nitrogen and oxygen atoms in total. The molecule has 0 bridgehead atoms. The molecule has 0 atom stereocenters. The van der Waals surface area contributed by atoms with Gasteiger partial charge in [-0.25, -0.2) is 0 Å². The summed E-state index contributed by atoms with van der Waals surface area (Å²) in [6, 6.07) is 13.9. The highest BCUT2D eigenvalue weighted by Gasteiger charge is 2.05. The van der Waals surface area contributed by atoms with Crippen molar-refractivity contribution in [3.8, 4) is 5.75 Å². The molecule has 0 fully saturated rings. The van der Waals surface area contributed by atoms with Crippen LogP contribution in [0.3, 0.4) is 0 Å². The third-order valence-electron chi connectivity index (χ3n) is 3.15. The van der Waals surface area contributed by atoms with Gasteiger partial charge in [-0.3, -0.25) is 4.79 Å². The highest BCUT2D eigenvalue weighted by molar-refractivity contribution is 5.88. The van der Waals surface area contributed by atoms with Gasteiger partial charge in [0.1, 0.15) is 5.75 Å². The molecule has 0 unspecified atom stereocenters. The molecule has 20 heavy (non-hydrogen) atoms. The van der Waals surface area contributed by atoms with E-state index >= 15 is 0 Å². The molecule has 0 saturated heterocycles. The summed E-state index contributed by atoms with van der Waals surface area (Å²) in [5, 5.41) is 5.02. The van der Waals surface area contributed by atoms with Crippen molar-refractivity contribution in [2.45, 2.75) is 20.3 Å². The Morgan fingerprint density at radius 2 is 1.90 bits per heavy atom. The molecular formula is C17H21NO2. The molecule has 0 aromatic heterocycles. The molecule has 0 radical (unpaired) electrons. The van der Waals surface area contributed by atoms with E-state index in [1.807, 2.05) is 42.5 Å². The van der Waals surface area contributed by atoms with Gasteiger partial charge in [-0.2, -0.15) is 0 Å². The number of ether oxygens (including phenoxy) is 1. The van der Waals surface area contributed by atoms with Crippen molar-refractivity contribution in [3.05, 3.63) is 42.5 Å². The van der Waals surface area contributed by atoms with Crippen LogP contribution in [0.5, 0.6) is 5.75 Å². The molecular weight excluding hydrogens is 250 g/mol. The second-order valence-electron chi connectivity index (χ2n) is 5.30. The highest BCUT2D eigenvalue weighted by Crippen LogP contribution is 2.24. The van der Waals surface area contributed by atoms with E-state index in [0.717, 1.165) is 22.9 Å². The lowest BCUT2D eigenvalue weighted by molar-refractivity contribution is -0.123. The van der Waals surface area contributed by atoms with E-state index in [2.05, 4.69) is 19.2 Å². The van der Waals surface area contributed by atoms with E-state index in [1.165, 1.54) is 0 Å². The average Bonchev–Trinajstić information content (AvgIpc) is 2.44. The summed E-state index contributed by atoms with van der Waals surface area (Å²) in [4.78, 5) is 11.7. The second kappa shape index (κ2) is 6.94. The van der Waals surface area contributed by atoms with Crippen LogP contribution < -0.4 is 10.1 Å². The fraction of sp³-hybridized carbons (Fsp3) is 0.353. The van der Waals surface area contributed by atoms with Gasteiger partial charge in [0.15, 0.2) is 6.61 Å². The van der Waals surface area contributed by atoms with Crippen LogP contribution in [0.1, 0.15) is 20.3 Å². The van der Waals surface area contributed by atoms with Gasteiger partial charge in [-0.1, -0.05) is 50.2 Å². The minimum absolute atomic E-state index is 0.0616. The predicted octanol–water partition coefficient (Wildman–Crippen LogP) is 3.38. The maximum atomic E-state index is 11.7. The van der Waals surface area contributed by atoms with Crippen LogP contribution in [0, 0.1) is 5.92 Å². The van der Waals surface area contributed by atoms with Crippen molar-refractivity contribution in [1.29, 1.82) is 0 Å². The van der Waals surface area contributed by atoms with E-state index in [4.69, 9.17) is 4.74 Å². The van der Waals surface area contributed by atoms with Gasteiger partial charge in [0.25, 0.3) is 5.91 Å². The Hall–Kier alpha value is -2.03. The van der Waals surface area contributed by atoms with Gasteiger partial charge in [0, 0.05) is 11.9 Å². The zero-order valence-electron chi connectivity index (χ0n) is 12.1. The zero-order valence-corrected chi connectivity index (χ0v) is 12.1. The Kier molecular flexibility index (Phi) is 4.99. The van der Waals surface area contributed by atoms with E-state index in [-0.39, 0.29) is 12.5 Å². The normalized spacial score (nSPS) is 10.8. The molecule has 0 saturated carbocycles. The molecule has 2 aromatic rings. The maximum absolute atomic E-state index is 11.7. The number of amides is 1. The van der Waals surface area contributed by atoms with Gasteiger partial charge in [0.05, 0.1) is 0 Å². The number of fused-ring (bicyclic) bond motifs is 1. The molecule has 0 heterocycles. The lowest BCUT2D eigenvalue weighted by atomic mass is 10.1. The minimum Gasteiger partial charge on any atom is -0.483 e. The fourth-order valence-corrected chi connectivity index (χ4v) is 2.02. The zero-order chi connectivity index (χ0) is 14.4. The lowest BCUT2D eigenvalue weighted by Gasteiger charge is -2.10. The fourth-order valence-electron chi connectivity index (χ4n) is 2.02. The predicted molar refractivity (Wildman–Crippen MR) is 81.9 cm³/mol. The van der Waals surface area contributed by atoms with Crippen molar-refractivity contribution in [2.75, 3.05) is 13.2 Å². The van der Waals surface area contributed by atoms with E-state index in [1.54, 1.807) is 0 Å². The quantitative estimate of drug-likeness (QED) is 0.874. The van der Waals surface area contributed by atoms with Gasteiger partial charge < -0.3 is 10.1 Å². The van der Waals surface area contributed by atoms with Crippen molar-refractivity contribution in [3.63, 3.8) is 0 Å². The van der Waals surface area contributed by atoms with Crippen molar-refractivity contribution in [2.24, 2.45) is 5.92 Å². The smallest absolute Gasteiger partial charge is 0.257 e. The number of rotatable bonds is 6. The van der Waals surface area contributed by atoms with E-state index < -0.39 is 0 Å². The monoisotopic (exact) mass is 271 g/mol. The van der Waals surface area contributed by atoms with Gasteiger partial charge in [-0.15, -0.1) is 0 Å². The molecule has 2 aromatic carbocycles. The van der Waals surface area contributed by atoms with Gasteiger partial charge in [0.2, 0.25) is 0 Å². The summed E-state index contributed by atoms with van der Waals surface area (Å²) in [6.45, 7) is 5.04. The van der Waals surface area contributed by atoms with Crippen LogP contribution in [-0.2, 0) is 4.79 Å². The summed E-state index contributed by atoms with van der Waals surface area (Å²) in [6.07, 6.45) is 0.986. The Bertz CT molecular complexity index is 573. The molecule has 2 rings (SSSR count). The number of benzene rings is 2. The SMILES string of the molecule is CC(C)CCNC(=O)COc1cccc2ccccc12. The Morgan fingerprint density at radius 1 is 1.15 bits per heavy atom. The lowest BCUT2D eigenvalue weighted by Crippen LogP contribution is -2.30. The Labute approximate surface area is 119 Å². The molecule has 0 aliphatic rings. The Morgan fingerprint density at radius 3 is 2.70 bits per heavy atom. The number of hydrogen-bond acceptors (Lipinski definition) is 2. The number of hydrogen-bond donors (Lipinski definition) is 1. The summed E-state index contributed by atoms with van der Waals surface area (Å²) in [5.41, 5.74) is 0. The van der Waals surface area contributed by atoms with Crippen molar-refractivity contribution >= 4 is 16.7 Å². The number of carbonyl (C=O) groups excluding carboxylic acids is 1. The second-order valence-corrected chi connectivity index (χ2v) is 5.30. The molecule has 0 aliphatic carbocycles. The third-order valence-corrected chi connectivity index (χ3v) is 3.15. The molecule has 106 valence electrons. The van der Waals surface area contributed by atoms with Crippen LogP contribution in [0.15, 0.2) is 42.5 Å². The standard InChI is InChI=1S/C17H21NO2/c1-13(2)10-11-18-17(19)12-20-16-9-5-7-14-6-3-4-8-15(14)16/h3-9,13H,10-12H2,1-2H3,(H,18,19). The Balaban J connectivity index is 1.91. The summed E-state index contributed by atoms with van der Waals surface area (Å²) in [7, 11) is 0. The summed E-state index contributed by atoms with van der Waals surface area (Å²) < 4.78 is 5.63. The van der Waals surface area contributed by atoms with Crippen LogP contribution in [0.2, 0.25) is 0 Å². The number of carbonyl (C=O) groups is 1. The topological polar surface area (TPSA) is 38.3 Å². The molecule has 0 spiro atoms. The first kappa shape index (κ1) is 14.4. The van der Waals surface area contributed by atoms with E-state index in [9.17, 15) is 4.79 Å². The first-order valence-corrected chi connectivity index (χ1v) is 7.04. The van der Waals surface area contributed by atoms with Gasteiger partial charge >= 0.3 is 0 Å². The van der Waals surface area contributed by atoms with Crippen LogP contribution in [0.4, 0.5) is 0 Å². The summed E-state index contributed by atoms with van der Waals surface area (Å²) >= 11 is 0. The third kappa shape index (κ3) is 3.98. The van der Waals surface area contributed by atoms with Crippen LogP contribution in [-0.4, -0.2) is 19.1 Å². The number of nitrogens with one attached hydrogen (secondary N) is 1.